The lowest BCUT2D eigenvalue weighted by Gasteiger charge is -2.41. The molecule has 2 aliphatic heterocycles. The van der Waals surface area contributed by atoms with Gasteiger partial charge in [-0.05, 0) is 75.4 Å². The summed E-state index contributed by atoms with van der Waals surface area (Å²) >= 11 is 0. The van der Waals surface area contributed by atoms with Crippen molar-refractivity contribution < 1.29 is 19.1 Å². The first-order chi connectivity index (χ1) is 20.2. The van der Waals surface area contributed by atoms with E-state index >= 15 is 0 Å². The summed E-state index contributed by atoms with van der Waals surface area (Å²) in [5.41, 5.74) is 3.15. The van der Waals surface area contributed by atoms with Crippen LogP contribution in [0.5, 0.6) is 0 Å². The van der Waals surface area contributed by atoms with Crippen LogP contribution in [0.3, 0.4) is 0 Å². The molecule has 3 heterocycles. The Hall–Kier alpha value is -4.07. The number of ether oxygens (including phenoxy) is 1. The maximum atomic E-state index is 14.4. The van der Waals surface area contributed by atoms with E-state index in [-0.39, 0.29) is 41.8 Å². The zero-order chi connectivity index (χ0) is 29.4. The highest BCUT2D eigenvalue weighted by Gasteiger charge is 2.48. The quantitative estimate of drug-likeness (QED) is 0.385. The number of likely N-dealkylation sites (tertiary alicyclic amines) is 1. The minimum atomic E-state index is -0.585. The van der Waals surface area contributed by atoms with E-state index in [4.69, 9.17) is 4.74 Å². The first-order valence-electron chi connectivity index (χ1n) is 15.1. The molecule has 0 radical (unpaired) electrons. The third-order valence-corrected chi connectivity index (χ3v) is 8.86. The van der Waals surface area contributed by atoms with Crippen molar-refractivity contribution in [2.75, 3.05) is 11.9 Å². The van der Waals surface area contributed by atoms with Gasteiger partial charge in [0, 0.05) is 42.1 Å². The van der Waals surface area contributed by atoms with E-state index < -0.39 is 11.7 Å². The van der Waals surface area contributed by atoms with Crippen molar-refractivity contribution in [3.05, 3.63) is 89.7 Å². The minimum absolute atomic E-state index is 0.0636. The van der Waals surface area contributed by atoms with Crippen LogP contribution in [0.2, 0.25) is 0 Å². The molecule has 0 unspecified atom stereocenters. The van der Waals surface area contributed by atoms with Crippen LogP contribution in [0.4, 0.5) is 10.5 Å². The van der Waals surface area contributed by atoms with Gasteiger partial charge >= 0.3 is 6.09 Å². The fraction of sp³-hybridized carbons (Fsp3) is 0.441. The molecular formula is C34H40N4O4. The predicted octanol–water partition coefficient (Wildman–Crippen LogP) is 6.32. The number of benzene rings is 2. The fourth-order valence-corrected chi connectivity index (χ4v) is 6.98. The monoisotopic (exact) mass is 568 g/mol. The number of carbonyl (C=O) groups excluding carboxylic acids is 3. The third-order valence-electron chi connectivity index (χ3n) is 8.86. The van der Waals surface area contributed by atoms with Gasteiger partial charge in [0.15, 0.2) is 0 Å². The van der Waals surface area contributed by atoms with Crippen LogP contribution in [-0.2, 0) is 9.53 Å². The Morgan fingerprint density at radius 1 is 0.929 bits per heavy atom. The van der Waals surface area contributed by atoms with E-state index in [1.807, 2.05) is 75.5 Å². The van der Waals surface area contributed by atoms with E-state index in [9.17, 15) is 14.4 Å². The molecule has 0 bridgehead atoms. The molecule has 2 aromatic carbocycles. The van der Waals surface area contributed by atoms with Crippen LogP contribution in [0.25, 0.3) is 0 Å². The molecule has 6 rings (SSSR count). The van der Waals surface area contributed by atoms with Crippen molar-refractivity contribution >= 4 is 23.6 Å². The standard InChI is InChI=1S/C34H40N4O4/c1-34(2,3)42-33(41)37-19-17-23(21-37)29-26-18-20-38(30(26)24-13-7-9-15-27(24)35-29)32(40)25-14-8-10-16-28(25)36-31(39)22-11-5-4-6-12-22/h4-7,9,11-13,15,17,19,21,25-26,28-30,35H,8,10,14,16,18,20H2,1-3H3,(H,36,39)/t25-,26+,28+,29-,30-/m0/s1. The highest BCUT2D eigenvalue weighted by atomic mass is 16.6. The van der Waals surface area contributed by atoms with Gasteiger partial charge in [-0.1, -0.05) is 49.2 Å². The first kappa shape index (κ1) is 28.1. The van der Waals surface area contributed by atoms with Crippen LogP contribution in [-0.4, -0.2) is 45.6 Å². The van der Waals surface area contributed by atoms with Gasteiger partial charge < -0.3 is 20.3 Å². The number of amides is 2. The Labute approximate surface area is 247 Å². The van der Waals surface area contributed by atoms with Crippen LogP contribution in [0.15, 0.2) is 73.1 Å². The molecule has 2 N–H and O–H groups in total. The summed E-state index contributed by atoms with van der Waals surface area (Å²) in [5, 5.41) is 6.92. The maximum absolute atomic E-state index is 14.4. The van der Waals surface area contributed by atoms with Crippen molar-refractivity contribution in [2.24, 2.45) is 11.8 Å². The molecule has 2 fully saturated rings. The zero-order valence-corrected chi connectivity index (χ0v) is 24.6. The molecule has 0 spiro atoms. The summed E-state index contributed by atoms with van der Waals surface area (Å²) < 4.78 is 7.07. The molecule has 1 aromatic heterocycles. The van der Waals surface area contributed by atoms with E-state index in [0.29, 0.717) is 12.1 Å². The van der Waals surface area contributed by atoms with E-state index in [1.165, 1.54) is 4.57 Å². The molecular weight excluding hydrogens is 528 g/mol. The van der Waals surface area contributed by atoms with Gasteiger partial charge in [0.25, 0.3) is 5.91 Å². The Balaban J connectivity index is 1.25. The van der Waals surface area contributed by atoms with Crippen LogP contribution < -0.4 is 10.6 Å². The smallest absolute Gasteiger partial charge is 0.418 e. The predicted molar refractivity (Wildman–Crippen MR) is 161 cm³/mol. The SMILES string of the molecule is CC(C)(C)OC(=O)n1ccc([C@@H]2Nc3ccccc3[C@H]3[C@@H]2CCN3C(=O)[C@H]2CCCC[C@H]2NC(=O)c2ccccc2)c1. The molecule has 8 heteroatoms. The van der Waals surface area contributed by atoms with Crippen molar-refractivity contribution in [2.45, 2.75) is 76.6 Å². The van der Waals surface area contributed by atoms with Gasteiger partial charge in [0.2, 0.25) is 5.91 Å². The second-order valence-corrected chi connectivity index (χ2v) is 12.8. The number of hydrogen-bond acceptors (Lipinski definition) is 5. The van der Waals surface area contributed by atoms with Crippen LogP contribution in [0, 0.1) is 11.8 Å². The second kappa shape index (κ2) is 11.3. The highest BCUT2D eigenvalue weighted by molar-refractivity contribution is 5.95. The second-order valence-electron chi connectivity index (χ2n) is 12.8. The number of rotatable bonds is 4. The molecule has 3 aromatic rings. The summed E-state index contributed by atoms with van der Waals surface area (Å²) in [6.45, 7) is 6.22. The lowest BCUT2D eigenvalue weighted by molar-refractivity contribution is -0.138. The minimum Gasteiger partial charge on any atom is -0.443 e. The fourth-order valence-electron chi connectivity index (χ4n) is 6.98. The summed E-state index contributed by atoms with van der Waals surface area (Å²) in [4.78, 5) is 42.2. The number of nitrogens with one attached hydrogen (secondary N) is 2. The lowest BCUT2D eigenvalue weighted by atomic mass is 9.79. The summed E-state index contributed by atoms with van der Waals surface area (Å²) in [6, 6.07) is 19.1. The molecule has 2 amide bonds. The van der Waals surface area contributed by atoms with E-state index in [0.717, 1.165) is 48.9 Å². The third kappa shape index (κ3) is 5.54. The highest BCUT2D eigenvalue weighted by Crippen LogP contribution is 2.52. The van der Waals surface area contributed by atoms with Gasteiger partial charge in [0.1, 0.15) is 5.60 Å². The molecule has 1 aliphatic carbocycles. The zero-order valence-electron chi connectivity index (χ0n) is 24.6. The van der Waals surface area contributed by atoms with Gasteiger partial charge in [-0.3, -0.25) is 14.2 Å². The molecule has 5 atom stereocenters. The summed E-state index contributed by atoms with van der Waals surface area (Å²) in [6.07, 6.45) is 7.58. The van der Waals surface area contributed by atoms with Crippen molar-refractivity contribution in [1.82, 2.24) is 14.8 Å². The molecule has 1 saturated carbocycles. The van der Waals surface area contributed by atoms with E-state index in [2.05, 4.69) is 27.7 Å². The molecule has 3 aliphatic rings. The summed E-state index contributed by atoms with van der Waals surface area (Å²) in [7, 11) is 0. The Morgan fingerprint density at radius 3 is 2.45 bits per heavy atom. The average Bonchev–Trinajstić information content (AvgIpc) is 3.65. The van der Waals surface area contributed by atoms with Crippen molar-refractivity contribution in [3.63, 3.8) is 0 Å². The number of fused-ring (bicyclic) bond motifs is 3. The van der Waals surface area contributed by atoms with Crippen LogP contribution >= 0.6 is 0 Å². The molecule has 8 nitrogen and oxygen atoms in total. The van der Waals surface area contributed by atoms with Crippen molar-refractivity contribution in [3.8, 4) is 0 Å². The number of carbonyl (C=O) groups is 3. The first-order valence-corrected chi connectivity index (χ1v) is 15.1. The van der Waals surface area contributed by atoms with Gasteiger partial charge in [0.05, 0.1) is 18.0 Å². The van der Waals surface area contributed by atoms with Gasteiger partial charge in [-0.15, -0.1) is 0 Å². The lowest BCUT2D eigenvalue weighted by Crippen LogP contribution is -2.50. The van der Waals surface area contributed by atoms with Gasteiger partial charge in [-0.25, -0.2) is 4.79 Å². The molecule has 1 saturated heterocycles. The summed E-state index contributed by atoms with van der Waals surface area (Å²) in [5.74, 6) is -0.109. The number of para-hydroxylation sites is 1. The maximum Gasteiger partial charge on any atom is 0.418 e. The topological polar surface area (TPSA) is 92.7 Å². The normalized spacial score (nSPS) is 25.1. The molecule has 42 heavy (non-hydrogen) atoms. The Kier molecular flexibility index (Phi) is 7.56. The van der Waals surface area contributed by atoms with Crippen molar-refractivity contribution in [1.29, 1.82) is 0 Å². The van der Waals surface area contributed by atoms with Gasteiger partial charge in [-0.2, -0.15) is 0 Å². The number of aromatic nitrogens is 1. The van der Waals surface area contributed by atoms with Crippen LogP contribution in [0.1, 0.15) is 86.4 Å². The average molecular weight is 569 g/mol. The van der Waals surface area contributed by atoms with E-state index in [1.54, 1.807) is 6.20 Å². The Bertz CT molecular complexity index is 1460. The number of anilines is 1. The number of hydrogen-bond donors (Lipinski definition) is 2. The number of nitrogens with zero attached hydrogens (tertiary/aromatic N) is 2. The largest absolute Gasteiger partial charge is 0.443 e. The molecule has 220 valence electrons. The Morgan fingerprint density at radius 2 is 1.67 bits per heavy atom.